The van der Waals surface area contributed by atoms with E-state index in [9.17, 15) is 14.4 Å². The molecule has 1 N–H and O–H groups in total. The highest BCUT2D eigenvalue weighted by atomic mass is 32.1. The third-order valence-electron chi connectivity index (χ3n) is 5.35. The number of hydrogen-bond acceptors (Lipinski definition) is 5. The van der Waals surface area contributed by atoms with Crippen molar-refractivity contribution in [3.63, 3.8) is 0 Å². The number of benzene rings is 1. The van der Waals surface area contributed by atoms with Crippen molar-refractivity contribution in [2.45, 2.75) is 52.3 Å². The van der Waals surface area contributed by atoms with E-state index in [1.165, 1.54) is 11.3 Å². The molecule has 0 unspecified atom stereocenters. The van der Waals surface area contributed by atoms with Gasteiger partial charge in [-0.3, -0.25) is 14.4 Å². The molecule has 0 spiro atoms. The predicted octanol–water partition coefficient (Wildman–Crippen LogP) is 3.48. The van der Waals surface area contributed by atoms with Crippen LogP contribution in [-0.4, -0.2) is 53.8 Å². The fourth-order valence-corrected chi connectivity index (χ4v) is 5.02. The van der Waals surface area contributed by atoms with Gasteiger partial charge < -0.3 is 15.0 Å². The third kappa shape index (κ3) is 5.63. The highest BCUT2D eigenvalue weighted by molar-refractivity contribution is 7.59. The van der Waals surface area contributed by atoms with Crippen molar-refractivity contribution in [3.8, 4) is 0 Å². The van der Waals surface area contributed by atoms with E-state index in [0.717, 1.165) is 10.1 Å². The summed E-state index contributed by atoms with van der Waals surface area (Å²) in [4.78, 5) is 40.4. The molecule has 2 amide bonds. The van der Waals surface area contributed by atoms with Crippen molar-refractivity contribution in [1.29, 1.82) is 0 Å². The zero-order valence-corrected chi connectivity index (χ0v) is 19.8. The number of ether oxygens (including phenoxy) is 1. The van der Waals surface area contributed by atoms with E-state index in [1.54, 1.807) is 4.90 Å². The van der Waals surface area contributed by atoms with Gasteiger partial charge in [0.15, 0.2) is 5.78 Å². The van der Waals surface area contributed by atoms with Crippen molar-refractivity contribution in [3.05, 3.63) is 35.2 Å². The first-order chi connectivity index (χ1) is 13.4. The third-order valence-corrected chi connectivity index (χ3v) is 6.47. The van der Waals surface area contributed by atoms with Crippen LogP contribution in [0.15, 0.2) is 30.3 Å². The van der Waals surface area contributed by atoms with Gasteiger partial charge in [-0.15, -0.1) is 11.3 Å². The van der Waals surface area contributed by atoms with Crippen LogP contribution in [0.2, 0.25) is 0 Å². The van der Waals surface area contributed by atoms with Crippen LogP contribution in [0.5, 0.6) is 0 Å². The monoisotopic (exact) mass is 484 g/mol. The summed E-state index contributed by atoms with van der Waals surface area (Å²) < 4.78 is 6.52. The van der Waals surface area contributed by atoms with E-state index in [1.807, 2.05) is 44.2 Å². The summed E-state index contributed by atoms with van der Waals surface area (Å²) in [5.74, 6) is -0.250. The molecule has 0 saturated carbocycles. The van der Waals surface area contributed by atoms with Crippen molar-refractivity contribution < 1.29 is 19.1 Å². The number of fused-ring (bicyclic) bond motifs is 2. The van der Waals surface area contributed by atoms with Crippen molar-refractivity contribution in [2.24, 2.45) is 5.92 Å². The second kappa shape index (κ2) is 11.4. The Bertz CT molecular complexity index is 897. The number of thiophene rings is 1. The average Bonchev–Trinajstić information content (AvgIpc) is 3.36. The maximum absolute atomic E-state index is 13.2. The van der Waals surface area contributed by atoms with E-state index < -0.39 is 12.1 Å². The Labute approximate surface area is 201 Å². The molecular formula is C22H32N2O4S3. The summed E-state index contributed by atoms with van der Waals surface area (Å²) in [5, 5.41) is 3.94. The zero-order valence-electron chi connectivity index (χ0n) is 17.0. The smallest absolute Gasteiger partial charge is 0.262 e. The molecule has 9 heteroatoms. The van der Waals surface area contributed by atoms with E-state index in [2.05, 4.69) is 5.32 Å². The van der Waals surface area contributed by atoms with Gasteiger partial charge in [0.1, 0.15) is 18.7 Å². The highest BCUT2D eigenvalue weighted by Crippen LogP contribution is 2.29. The number of carbonyl (C=O) groups is 3. The lowest BCUT2D eigenvalue weighted by molar-refractivity contribution is -0.138. The summed E-state index contributed by atoms with van der Waals surface area (Å²) in [6.07, 6.45) is 0.994. The molecule has 172 valence electrons. The van der Waals surface area contributed by atoms with Gasteiger partial charge in [0.2, 0.25) is 5.91 Å². The Morgan fingerprint density at radius 1 is 1.26 bits per heavy atom. The number of ketones is 1. The number of hydrogen-bond donors (Lipinski definition) is 1. The summed E-state index contributed by atoms with van der Waals surface area (Å²) in [6.45, 7) is 4.60. The molecule has 2 aliphatic rings. The van der Waals surface area contributed by atoms with Gasteiger partial charge in [0.25, 0.3) is 5.91 Å². The fourth-order valence-electron chi connectivity index (χ4n) is 4.06. The van der Waals surface area contributed by atoms with Gasteiger partial charge in [-0.25, -0.2) is 0 Å². The molecule has 3 atom stereocenters. The number of nitrogens with one attached hydrogen (secondary N) is 1. The van der Waals surface area contributed by atoms with Crippen molar-refractivity contribution in [1.82, 2.24) is 10.2 Å². The minimum atomic E-state index is -0.648. The van der Waals surface area contributed by atoms with Crippen LogP contribution in [-0.2, 0) is 14.3 Å². The molecule has 4 rings (SSSR count). The minimum absolute atomic E-state index is 0. The molecule has 31 heavy (non-hydrogen) atoms. The number of Topliss-reactive ketones (excluding diaryl/α,β-unsaturated/α-hetero) is 1. The lowest BCUT2D eigenvalue weighted by Crippen LogP contribution is -2.52. The Balaban J connectivity index is 0.00000160. The minimum Gasteiger partial charge on any atom is -0.368 e. The average molecular weight is 485 g/mol. The van der Waals surface area contributed by atoms with E-state index in [-0.39, 0.29) is 70.6 Å². The molecule has 0 radical (unpaired) electrons. The maximum atomic E-state index is 13.2. The normalized spacial score (nSPS) is 20.5. The molecule has 1 aromatic carbocycles. The van der Waals surface area contributed by atoms with Gasteiger partial charge >= 0.3 is 0 Å². The second-order valence-corrected chi connectivity index (χ2v) is 8.97. The number of rotatable bonds is 5. The summed E-state index contributed by atoms with van der Waals surface area (Å²) in [6, 6.07) is 8.53. The Morgan fingerprint density at radius 3 is 2.65 bits per heavy atom. The van der Waals surface area contributed by atoms with E-state index >= 15 is 0 Å². The molecular weight excluding hydrogens is 452 g/mol. The standard InChI is InChI=1S/C21H24N2O4S.CH4.2H2S/c1-12(2)9-14(21(26)23-8-7-16-19(23)15(24)11-27-16)22-20(25)18-10-13-5-3-4-6-17(13)28-18;;;/h3-6,10,12,14,16,19H,7-9,11H2,1-2H3,(H,22,25);1H4;2*1H2/t14-,16+,19+;;;/m0.../s1. The van der Waals surface area contributed by atoms with Crippen LogP contribution in [0, 0.1) is 5.92 Å². The highest BCUT2D eigenvalue weighted by Gasteiger charge is 2.48. The quantitative estimate of drug-likeness (QED) is 0.705. The fraction of sp³-hybridized carbons (Fsp3) is 0.500. The summed E-state index contributed by atoms with van der Waals surface area (Å²) in [5.41, 5.74) is 0. The molecule has 3 heterocycles. The van der Waals surface area contributed by atoms with Crippen LogP contribution in [0.4, 0.5) is 0 Å². The van der Waals surface area contributed by atoms with Crippen molar-refractivity contribution in [2.75, 3.05) is 13.2 Å². The van der Waals surface area contributed by atoms with Gasteiger partial charge in [-0.05, 0) is 36.3 Å². The van der Waals surface area contributed by atoms with Crippen LogP contribution in [0.3, 0.4) is 0 Å². The van der Waals surface area contributed by atoms with Crippen molar-refractivity contribution >= 4 is 66.0 Å². The van der Waals surface area contributed by atoms with Crippen LogP contribution in [0.25, 0.3) is 10.1 Å². The maximum Gasteiger partial charge on any atom is 0.262 e. The first-order valence-corrected chi connectivity index (χ1v) is 10.5. The largest absolute Gasteiger partial charge is 0.368 e. The molecule has 2 fully saturated rings. The number of carbonyl (C=O) groups excluding carboxylic acids is 3. The Morgan fingerprint density at radius 2 is 1.97 bits per heavy atom. The SMILES string of the molecule is C.CC(C)C[C@H](NC(=O)c1cc2ccccc2s1)C(=O)N1CC[C@H]2OCC(=O)[C@H]21.S.S. The first-order valence-electron chi connectivity index (χ1n) is 9.68. The van der Waals surface area contributed by atoms with Gasteiger partial charge in [0.05, 0.1) is 11.0 Å². The molecule has 0 aliphatic carbocycles. The van der Waals surface area contributed by atoms with Crippen LogP contribution >= 0.6 is 38.3 Å². The summed E-state index contributed by atoms with van der Waals surface area (Å²) in [7, 11) is 0. The molecule has 0 bridgehead atoms. The molecule has 2 saturated heterocycles. The Hall–Kier alpha value is -1.55. The molecule has 6 nitrogen and oxygen atoms in total. The van der Waals surface area contributed by atoms with Crippen LogP contribution in [0.1, 0.15) is 43.8 Å². The Kier molecular flexibility index (Phi) is 10.1. The summed E-state index contributed by atoms with van der Waals surface area (Å²) >= 11 is 1.41. The lowest BCUT2D eigenvalue weighted by Gasteiger charge is -2.28. The number of amides is 2. The molecule has 2 aromatic rings. The number of likely N-dealkylation sites (tertiary alicyclic amines) is 1. The molecule has 1 aromatic heterocycles. The zero-order chi connectivity index (χ0) is 19.8. The lowest BCUT2D eigenvalue weighted by atomic mass is 10.0. The predicted molar refractivity (Wildman–Crippen MR) is 135 cm³/mol. The van der Waals surface area contributed by atoms with Gasteiger partial charge in [0, 0.05) is 11.2 Å². The molecule has 2 aliphatic heterocycles. The first kappa shape index (κ1) is 27.5. The van der Waals surface area contributed by atoms with Gasteiger partial charge in [-0.1, -0.05) is 39.5 Å². The van der Waals surface area contributed by atoms with E-state index in [0.29, 0.717) is 24.3 Å². The topological polar surface area (TPSA) is 75.7 Å². The van der Waals surface area contributed by atoms with Gasteiger partial charge in [-0.2, -0.15) is 27.0 Å². The van der Waals surface area contributed by atoms with E-state index in [4.69, 9.17) is 4.74 Å². The van der Waals surface area contributed by atoms with Crippen LogP contribution < -0.4 is 5.32 Å². The second-order valence-electron chi connectivity index (χ2n) is 7.88. The number of nitrogens with zero attached hydrogens (tertiary/aromatic N) is 1.